The van der Waals surface area contributed by atoms with Gasteiger partial charge in [-0.25, -0.2) is 4.98 Å². The predicted molar refractivity (Wildman–Crippen MR) is 117 cm³/mol. The van der Waals surface area contributed by atoms with E-state index in [0.717, 1.165) is 5.75 Å². The van der Waals surface area contributed by atoms with Gasteiger partial charge in [0.2, 0.25) is 5.91 Å². The van der Waals surface area contributed by atoms with Crippen molar-refractivity contribution in [1.29, 1.82) is 0 Å². The largest absolute Gasteiger partial charge is 0.492 e. The van der Waals surface area contributed by atoms with Gasteiger partial charge in [-0.2, -0.15) is 0 Å². The number of hydrogen-bond acceptors (Lipinski definition) is 7. The van der Waals surface area contributed by atoms with Crippen LogP contribution >= 0.6 is 0 Å². The Morgan fingerprint density at radius 2 is 1.94 bits per heavy atom. The van der Waals surface area contributed by atoms with Gasteiger partial charge in [0, 0.05) is 18.5 Å². The van der Waals surface area contributed by atoms with Gasteiger partial charge >= 0.3 is 0 Å². The van der Waals surface area contributed by atoms with E-state index in [9.17, 15) is 9.59 Å². The minimum atomic E-state index is -0.395. The summed E-state index contributed by atoms with van der Waals surface area (Å²) < 4.78 is 22.3. The van der Waals surface area contributed by atoms with Crippen LogP contribution in [0.5, 0.6) is 17.2 Å². The second kappa shape index (κ2) is 9.23. The molecule has 33 heavy (non-hydrogen) atoms. The highest BCUT2D eigenvalue weighted by molar-refractivity contribution is 5.98. The molecule has 1 N–H and O–H groups in total. The maximum atomic E-state index is 12.9. The molecule has 170 valence electrons. The zero-order chi connectivity index (χ0) is 22.6. The number of para-hydroxylation sites is 1. The average molecular weight is 449 g/mol. The molecule has 9 nitrogen and oxygen atoms in total. The van der Waals surface area contributed by atoms with Crippen molar-refractivity contribution >= 4 is 11.8 Å². The van der Waals surface area contributed by atoms with Gasteiger partial charge in [0.25, 0.3) is 5.91 Å². The Labute approximate surface area is 190 Å². The number of carbonyl (C=O) groups excluding carboxylic acids is 2. The van der Waals surface area contributed by atoms with Crippen molar-refractivity contribution in [2.75, 3.05) is 32.9 Å². The van der Waals surface area contributed by atoms with E-state index in [0.29, 0.717) is 55.7 Å². The Morgan fingerprint density at radius 3 is 2.79 bits per heavy atom. The second-order valence-corrected chi connectivity index (χ2v) is 7.76. The van der Waals surface area contributed by atoms with Crippen LogP contribution in [-0.2, 0) is 4.79 Å². The SMILES string of the molecule is O=C(NC1CC(=O)N(CCOc2ccccc2)C1)c1ncoc1-c1ccc2c(c1)OCCO2. The van der Waals surface area contributed by atoms with Crippen LogP contribution in [-0.4, -0.2) is 60.7 Å². The minimum absolute atomic E-state index is 0.0239. The number of likely N-dealkylation sites (tertiary alicyclic amines) is 1. The third kappa shape index (κ3) is 4.62. The first-order valence-corrected chi connectivity index (χ1v) is 10.8. The molecule has 9 heteroatoms. The van der Waals surface area contributed by atoms with Crippen molar-refractivity contribution in [1.82, 2.24) is 15.2 Å². The molecule has 0 aliphatic carbocycles. The van der Waals surface area contributed by atoms with E-state index in [1.807, 2.05) is 30.3 Å². The highest BCUT2D eigenvalue weighted by Crippen LogP contribution is 2.35. The van der Waals surface area contributed by atoms with E-state index in [-0.39, 0.29) is 24.1 Å². The number of aromatic nitrogens is 1. The molecule has 3 heterocycles. The van der Waals surface area contributed by atoms with Crippen molar-refractivity contribution < 1.29 is 28.2 Å². The predicted octanol–water partition coefficient (Wildman–Crippen LogP) is 2.52. The van der Waals surface area contributed by atoms with E-state index >= 15 is 0 Å². The van der Waals surface area contributed by atoms with Crippen molar-refractivity contribution in [3.8, 4) is 28.6 Å². The monoisotopic (exact) mass is 449 g/mol. The Hall–Kier alpha value is -4.01. The van der Waals surface area contributed by atoms with Gasteiger partial charge in [0.05, 0.1) is 12.6 Å². The lowest BCUT2D eigenvalue weighted by Crippen LogP contribution is -2.38. The van der Waals surface area contributed by atoms with Crippen LogP contribution in [0.3, 0.4) is 0 Å². The first-order valence-electron chi connectivity index (χ1n) is 10.8. The number of oxazole rings is 1. The lowest BCUT2D eigenvalue weighted by Gasteiger charge is -2.18. The molecule has 2 amide bonds. The molecule has 1 unspecified atom stereocenters. The fraction of sp³-hybridized carbons (Fsp3) is 0.292. The zero-order valence-electron chi connectivity index (χ0n) is 17.9. The minimum Gasteiger partial charge on any atom is -0.492 e. The maximum Gasteiger partial charge on any atom is 0.274 e. The molecule has 2 aromatic carbocycles. The van der Waals surface area contributed by atoms with E-state index in [1.165, 1.54) is 6.39 Å². The van der Waals surface area contributed by atoms with E-state index in [1.54, 1.807) is 23.1 Å². The normalized spacial score (nSPS) is 17.2. The zero-order valence-corrected chi connectivity index (χ0v) is 17.9. The number of carbonyl (C=O) groups is 2. The third-order valence-corrected chi connectivity index (χ3v) is 5.51. The highest BCUT2D eigenvalue weighted by Gasteiger charge is 2.32. The molecule has 1 fully saturated rings. The molecule has 5 rings (SSSR count). The molecule has 0 bridgehead atoms. The molecule has 2 aliphatic rings. The number of benzene rings is 2. The Kier molecular flexibility index (Phi) is 5.84. The summed E-state index contributed by atoms with van der Waals surface area (Å²) in [6.45, 7) is 2.21. The summed E-state index contributed by atoms with van der Waals surface area (Å²) in [4.78, 5) is 31.1. The van der Waals surface area contributed by atoms with E-state index in [2.05, 4.69) is 10.3 Å². The Bertz CT molecular complexity index is 1150. The van der Waals surface area contributed by atoms with Crippen LogP contribution < -0.4 is 19.5 Å². The maximum absolute atomic E-state index is 12.9. The van der Waals surface area contributed by atoms with Crippen LogP contribution in [0.25, 0.3) is 11.3 Å². The summed E-state index contributed by atoms with van der Waals surface area (Å²) in [6.07, 6.45) is 1.46. The van der Waals surface area contributed by atoms with E-state index < -0.39 is 5.91 Å². The molecule has 1 atom stereocenters. The molecule has 0 radical (unpaired) electrons. The molecule has 3 aromatic rings. The van der Waals surface area contributed by atoms with Crippen LogP contribution in [0.4, 0.5) is 0 Å². The number of nitrogens with one attached hydrogen (secondary N) is 1. The van der Waals surface area contributed by atoms with E-state index in [4.69, 9.17) is 18.6 Å². The number of amides is 2. The van der Waals surface area contributed by atoms with Crippen molar-refractivity contribution in [2.24, 2.45) is 0 Å². The summed E-state index contributed by atoms with van der Waals surface area (Å²) >= 11 is 0. The fourth-order valence-corrected chi connectivity index (χ4v) is 3.93. The third-order valence-electron chi connectivity index (χ3n) is 5.51. The van der Waals surface area contributed by atoms with Crippen molar-refractivity contribution in [3.05, 3.63) is 60.6 Å². The Balaban J connectivity index is 1.19. The number of hydrogen-bond donors (Lipinski definition) is 1. The van der Waals surface area contributed by atoms with Gasteiger partial charge in [-0.15, -0.1) is 0 Å². The molecule has 2 aliphatic heterocycles. The van der Waals surface area contributed by atoms with Gasteiger partial charge < -0.3 is 28.8 Å². The van der Waals surface area contributed by atoms with Crippen LogP contribution in [0.2, 0.25) is 0 Å². The first kappa shape index (κ1) is 20.9. The highest BCUT2D eigenvalue weighted by atomic mass is 16.6. The lowest BCUT2D eigenvalue weighted by molar-refractivity contribution is -0.128. The standard InChI is InChI=1S/C24H23N3O6/c28-21-13-17(14-27(21)8-9-30-18-4-2-1-3-5-18)26-24(29)22-23(33-15-25-22)16-6-7-19-20(12-16)32-11-10-31-19/h1-7,12,15,17H,8-11,13-14H2,(H,26,29). The number of rotatable bonds is 7. The molecule has 0 saturated carbocycles. The molecular weight excluding hydrogens is 426 g/mol. The quantitative estimate of drug-likeness (QED) is 0.591. The molecular formula is C24H23N3O6. The summed E-state index contributed by atoms with van der Waals surface area (Å²) in [5.74, 6) is 1.92. The first-order chi connectivity index (χ1) is 16.2. The average Bonchev–Trinajstić information content (AvgIpc) is 3.46. The van der Waals surface area contributed by atoms with Gasteiger partial charge in [-0.05, 0) is 30.3 Å². The smallest absolute Gasteiger partial charge is 0.274 e. The van der Waals surface area contributed by atoms with Gasteiger partial charge in [0.1, 0.15) is 25.6 Å². The van der Waals surface area contributed by atoms with Crippen LogP contribution in [0, 0.1) is 0 Å². The summed E-state index contributed by atoms with van der Waals surface area (Å²) in [5, 5.41) is 2.90. The van der Waals surface area contributed by atoms with Gasteiger partial charge in [0.15, 0.2) is 29.3 Å². The van der Waals surface area contributed by atoms with Gasteiger partial charge in [-0.3, -0.25) is 9.59 Å². The fourth-order valence-electron chi connectivity index (χ4n) is 3.93. The van der Waals surface area contributed by atoms with Gasteiger partial charge in [-0.1, -0.05) is 18.2 Å². The molecule has 0 spiro atoms. The van der Waals surface area contributed by atoms with Crippen molar-refractivity contribution in [3.63, 3.8) is 0 Å². The lowest BCUT2D eigenvalue weighted by atomic mass is 10.1. The Morgan fingerprint density at radius 1 is 1.12 bits per heavy atom. The molecule has 1 aromatic heterocycles. The second-order valence-electron chi connectivity index (χ2n) is 7.76. The number of fused-ring (bicyclic) bond motifs is 1. The summed E-state index contributed by atoms with van der Waals surface area (Å²) in [7, 11) is 0. The van der Waals surface area contributed by atoms with Crippen LogP contribution in [0.1, 0.15) is 16.9 Å². The topological polar surface area (TPSA) is 103 Å². The summed E-state index contributed by atoms with van der Waals surface area (Å²) in [6, 6.07) is 14.5. The van der Waals surface area contributed by atoms with Crippen LogP contribution in [0.15, 0.2) is 59.3 Å². The number of nitrogens with zero attached hydrogens (tertiary/aromatic N) is 2. The number of ether oxygens (including phenoxy) is 3. The van der Waals surface area contributed by atoms with Crippen molar-refractivity contribution in [2.45, 2.75) is 12.5 Å². The molecule has 1 saturated heterocycles. The summed E-state index contributed by atoms with van der Waals surface area (Å²) in [5.41, 5.74) is 0.814.